The molecule has 0 aromatic rings. The van der Waals surface area contributed by atoms with Crippen LogP contribution in [0.4, 0.5) is 0 Å². The summed E-state index contributed by atoms with van der Waals surface area (Å²) in [6.07, 6.45) is 13.2. The summed E-state index contributed by atoms with van der Waals surface area (Å²) >= 11 is 0. The van der Waals surface area contributed by atoms with Gasteiger partial charge in [0, 0.05) is 6.42 Å². The van der Waals surface area contributed by atoms with Gasteiger partial charge in [0.2, 0.25) is 0 Å². The molecule has 0 aliphatic rings. The molecule has 0 spiro atoms. The summed E-state index contributed by atoms with van der Waals surface area (Å²) < 4.78 is 4.84. The Morgan fingerprint density at radius 1 is 0.955 bits per heavy atom. The van der Waals surface area contributed by atoms with E-state index in [1.165, 1.54) is 51.4 Å². The molecule has 0 rings (SSSR count). The molecule has 0 aromatic carbocycles. The first kappa shape index (κ1) is 21.4. The van der Waals surface area contributed by atoms with Gasteiger partial charge in [0.1, 0.15) is 6.61 Å². The van der Waals surface area contributed by atoms with E-state index >= 15 is 0 Å². The van der Waals surface area contributed by atoms with Crippen LogP contribution in [-0.2, 0) is 9.53 Å². The fourth-order valence-corrected chi connectivity index (χ4v) is 2.91. The number of carbonyl (C=O) groups is 1. The smallest absolute Gasteiger partial charge is 0.305 e. The Bertz CT molecular complexity index is 251. The third-order valence-electron chi connectivity index (χ3n) is 4.43. The highest BCUT2D eigenvalue weighted by Gasteiger charge is 2.12. The van der Waals surface area contributed by atoms with Crippen LogP contribution in [0.1, 0.15) is 91.4 Å². The van der Waals surface area contributed by atoms with Crippen molar-refractivity contribution in [2.24, 2.45) is 11.8 Å². The Morgan fingerprint density at radius 2 is 1.55 bits per heavy atom. The van der Waals surface area contributed by atoms with Gasteiger partial charge in [0.25, 0.3) is 0 Å². The molecular weight excluding hydrogens is 276 g/mol. The Hall–Kier alpha value is -0.570. The molecule has 0 aromatic heterocycles. The number of carbonyl (C=O) groups excluding carboxylic acids is 1. The van der Waals surface area contributed by atoms with Crippen molar-refractivity contribution in [1.29, 1.82) is 0 Å². The predicted octanol–water partition coefficient (Wildman–Crippen LogP) is 5.11. The first-order valence-electron chi connectivity index (χ1n) is 9.38. The van der Waals surface area contributed by atoms with Gasteiger partial charge in [-0.05, 0) is 18.3 Å². The van der Waals surface area contributed by atoms with Crippen LogP contribution in [0.25, 0.3) is 0 Å². The second-order valence-electron chi connectivity index (χ2n) is 6.75. The second-order valence-corrected chi connectivity index (χ2v) is 6.75. The van der Waals surface area contributed by atoms with E-state index in [4.69, 9.17) is 9.84 Å². The van der Waals surface area contributed by atoms with E-state index in [0.29, 0.717) is 6.42 Å². The average molecular weight is 315 g/mol. The van der Waals surface area contributed by atoms with Gasteiger partial charge < -0.3 is 9.84 Å². The van der Waals surface area contributed by atoms with Gasteiger partial charge in [0.05, 0.1) is 6.61 Å². The molecule has 0 amide bonds. The third kappa shape index (κ3) is 13.1. The van der Waals surface area contributed by atoms with Crippen LogP contribution in [-0.4, -0.2) is 24.3 Å². The summed E-state index contributed by atoms with van der Waals surface area (Å²) in [5, 5.41) is 8.57. The first-order chi connectivity index (χ1) is 10.6. The number of aliphatic hydroxyl groups is 1. The SMILES string of the molecule is CCCCCCC(CCCCCCC(=O)OCCO)C(C)C. The van der Waals surface area contributed by atoms with Gasteiger partial charge in [-0.15, -0.1) is 0 Å². The molecule has 0 radical (unpaired) electrons. The molecule has 0 saturated heterocycles. The highest BCUT2D eigenvalue weighted by atomic mass is 16.5. The van der Waals surface area contributed by atoms with E-state index in [-0.39, 0.29) is 19.2 Å². The molecule has 3 heteroatoms. The number of hydrogen-bond acceptors (Lipinski definition) is 3. The number of ether oxygens (including phenoxy) is 1. The zero-order chi connectivity index (χ0) is 16.6. The van der Waals surface area contributed by atoms with Gasteiger partial charge in [-0.1, -0.05) is 78.6 Å². The zero-order valence-corrected chi connectivity index (χ0v) is 15.1. The Balaban J connectivity index is 3.57. The maximum Gasteiger partial charge on any atom is 0.305 e. The molecule has 0 heterocycles. The summed E-state index contributed by atoms with van der Waals surface area (Å²) in [5.74, 6) is 1.48. The lowest BCUT2D eigenvalue weighted by Gasteiger charge is -2.20. The number of hydrogen-bond donors (Lipinski definition) is 1. The minimum absolute atomic E-state index is 0.0828. The van der Waals surface area contributed by atoms with E-state index in [1.807, 2.05) is 0 Å². The van der Waals surface area contributed by atoms with Gasteiger partial charge in [-0.3, -0.25) is 4.79 Å². The van der Waals surface area contributed by atoms with Gasteiger partial charge in [-0.2, -0.15) is 0 Å². The van der Waals surface area contributed by atoms with Crippen molar-refractivity contribution in [1.82, 2.24) is 0 Å². The number of aliphatic hydroxyl groups excluding tert-OH is 1. The van der Waals surface area contributed by atoms with Gasteiger partial charge in [0.15, 0.2) is 0 Å². The first-order valence-corrected chi connectivity index (χ1v) is 9.38. The van der Waals surface area contributed by atoms with Crippen LogP contribution < -0.4 is 0 Å². The molecule has 22 heavy (non-hydrogen) atoms. The van der Waals surface area contributed by atoms with Crippen molar-refractivity contribution >= 4 is 5.97 Å². The number of esters is 1. The van der Waals surface area contributed by atoms with E-state index < -0.39 is 0 Å². The van der Waals surface area contributed by atoms with Crippen molar-refractivity contribution in [3.8, 4) is 0 Å². The topological polar surface area (TPSA) is 46.5 Å². The molecule has 132 valence electrons. The van der Waals surface area contributed by atoms with E-state index in [9.17, 15) is 4.79 Å². The predicted molar refractivity (Wildman–Crippen MR) is 92.8 cm³/mol. The number of rotatable bonds is 15. The molecular formula is C19H38O3. The van der Waals surface area contributed by atoms with E-state index in [1.54, 1.807) is 0 Å². The Labute approximate surface area is 137 Å². The summed E-state index contributed by atoms with van der Waals surface area (Å²) in [4.78, 5) is 11.3. The second kappa shape index (κ2) is 15.3. The molecule has 0 bridgehead atoms. The summed E-state index contributed by atoms with van der Waals surface area (Å²) in [5.41, 5.74) is 0. The van der Waals surface area contributed by atoms with Crippen LogP contribution in [0.15, 0.2) is 0 Å². The normalized spacial score (nSPS) is 12.6. The molecule has 0 fully saturated rings. The quantitative estimate of drug-likeness (QED) is 0.338. The van der Waals surface area contributed by atoms with Crippen LogP contribution in [0.3, 0.4) is 0 Å². The fourth-order valence-electron chi connectivity index (χ4n) is 2.91. The lowest BCUT2D eigenvalue weighted by Crippen LogP contribution is -2.09. The molecule has 3 nitrogen and oxygen atoms in total. The van der Waals surface area contributed by atoms with Crippen LogP contribution in [0.5, 0.6) is 0 Å². The van der Waals surface area contributed by atoms with E-state index in [0.717, 1.165) is 24.7 Å². The van der Waals surface area contributed by atoms with Crippen LogP contribution >= 0.6 is 0 Å². The van der Waals surface area contributed by atoms with Crippen molar-refractivity contribution < 1.29 is 14.6 Å². The molecule has 1 atom stereocenters. The third-order valence-corrected chi connectivity index (χ3v) is 4.43. The van der Waals surface area contributed by atoms with Crippen LogP contribution in [0, 0.1) is 11.8 Å². The molecule has 0 aliphatic carbocycles. The molecule has 1 unspecified atom stereocenters. The molecule has 0 aliphatic heterocycles. The highest BCUT2D eigenvalue weighted by Crippen LogP contribution is 2.25. The van der Waals surface area contributed by atoms with Crippen molar-refractivity contribution in [2.45, 2.75) is 91.4 Å². The fraction of sp³-hybridized carbons (Fsp3) is 0.947. The Kier molecular flexibility index (Phi) is 14.9. The largest absolute Gasteiger partial charge is 0.463 e. The average Bonchev–Trinajstić information content (AvgIpc) is 2.50. The maximum atomic E-state index is 11.3. The summed E-state index contributed by atoms with van der Waals surface area (Å²) in [7, 11) is 0. The monoisotopic (exact) mass is 314 g/mol. The van der Waals surface area contributed by atoms with Crippen LogP contribution in [0.2, 0.25) is 0 Å². The lowest BCUT2D eigenvalue weighted by molar-refractivity contribution is -0.144. The Morgan fingerprint density at radius 3 is 2.09 bits per heavy atom. The zero-order valence-electron chi connectivity index (χ0n) is 15.1. The maximum absolute atomic E-state index is 11.3. The van der Waals surface area contributed by atoms with Gasteiger partial charge >= 0.3 is 5.97 Å². The molecule has 1 N–H and O–H groups in total. The lowest BCUT2D eigenvalue weighted by atomic mass is 9.85. The number of unbranched alkanes of at least 4 members (excludes halogenated alkanes) is 6. The summed E-state index contributed by atoms with van der Waals surface area (Å²) in [6, 6.07) is 0. The summed E-state index contributed by atoms with van der Waals surface area (Å²) in [6.45, 7) is 7.01. The van der Waals surface area contributed by atoms with Crippen molar-refractivity contribution in [3.05, 3.63) is 0 Å². The van der Waals surface area contributed by atoms with E-state index in [2.05, 4.69) is 20.8 Å². The minimum atomic E-state index is -0.176. The highest BCUT2D eigenvalue weighted by molar-refractivity contribution is 5.69. The standard InChI is InChI=1S/C19H38O3/c1-4-5-6-9-12-18(17(2)3)13-10-7-8-11-14-19(21)22-16-15-20/h17-18,20H,4-16H2,1-3H3. The van der Waals surface area contributed by atoms with Gasteiger partial charge in [-0.25, -0.2) is 0 Å². The van der Waals surface area contributed by atoms with Crippen molar-refractivity contribution in [3.63, 3.8) is 0 Å². The minimum Gasteiger partial charge on any atom is -0.463 e. The molecule has 0 saturated carbocycles. The van der Waals surface area contributed by atoms with Crippen molar-refractivity contribution in [2.75, 3.05) is 13.2 Å².